The number of nitrogens with zero attached hydrogens (tertiary/aromatic N) is 2. The lowest BCUT2D eigenvalue weighted by Gasteiger charge is -2.31. The van der Waals surface area contributed by atoms with Crippen LogP contribution in [0.5, 0.6) is 0 Å². The number of nitrogens with one attached hydrogen (secondary N) is 2. The highest BCUT2D eigenvalue weighted by molar-refractivity contribution is 5.94. The zero-order valence-corrected chi connectivity index (χ0v) is 14.7. The minimum Gasteiger partial charge on any atom is -0.342 e. The molecule has 0 aliphatic carbocycles. The van der Waals surface area contributed by atoms with Gasteiger partial charge in [0, 0.05) is 30.3 Å². The Morgan fingerprint density at radius 2 is 1.93 bits per heavy atom. The van der Waals surface area contributed by atoms with E-state index in [4.69, 9.17) is 0 Å². The Hall–Kier alpha value is -2.91. The maximum atomic E-state index is 13.3. The van der Waals surface area contributed by atoms with Crippen LogP contribution in [0.15, 0.2) is 30.3 Å². The van der Waals surface area contributed by atoms with Gasteiger partial charge in [0.25, 0.3) is 11.8 Å². The highest BCUT2D eigenvalue weighted by Gasteiger charge is 2.29. The van der Waals surface area contributed by atoms with E-state index < -0.39 is 24.4 Å². The number of hydrogen-bond donors (Lipinski definition) is 2. The van der Waals surface area contributed by atoms with Crippen molar-refractivity contribution < 1.29 is 27.2 Å². The van der Waals surface area contributed by atoms with Crippen molar-refractivity contribution in [3.63, 3.8) is 0 Å². The van der Waals surface area contributed by atoms with Crippen molar-refractivity contribution in [1.29, 1.82) is 0 Å². The molecule has 3 rings (SSSR count). The molecule has 2 aromatic rings. The molecule has 0 bridgehead atoms. The van der Waals surface area contributed by atoms with Gasteiger partial charge in [-0.3, -0.25) is 14.7 Å². The fourth-order valence-corrected chi connectivity index (χ4v) is 3.13. The maximum Gasteiger partial charge on any atom is 0.405 e. The topological polar surface area (TPSA) is 78.1 Å². The smallest absolute Gasteiger partial charge is 0.342 e. The summed E-state index contributed by atoms with van der Waals surface area (Å²) in [7, 11) is 0. The lowest BCUT2D eigenvalue weighted by molar-refractivity contribution is -0.123. The van der Waals surface area contributed by atoms with Crippen molar-refractivity contribution in [2.75, 3.05) is 19.6 Å². The van der Waals surface area contributed by atoms with Gasteiger partial charge in [0.2, 0.25) is 0 Å². The summed E-state index contributed by atoms with van der Waals surface area (Å²) in [6.07, 6.45) is -3.31. The molecule has 1 aliphatic heterocycles. The summed E-state index contributed by atoms with van der Waals surface area (Å²) in [4.78, 5) is 25.8. The van der Waals surface area contributed by atoms with Crippen LogP contribution in [0.25, 0.3) is 0 Å². The van der Waals surface area contributed by atoms with Crippen LogP contribution in [0.4, 0.5) is 17.6 Å². The number of amides is 2. The number of benzene rings is 1. The first kappa shape index (κ1) is 19.8. The predicted octanol–water partition coefficient (Wildman–Crippen LogP) is 2.86. The first-order valence-electron chi connectivity index (χ1n) is 8.68. The van der Waals surface area contributed by atoms with Crippen LogP contribution < -0.4 is 5.32 Å². The Labute approximate surface area is 157 Å². The summed E-state index contributed by atoms with van der Waals surface area (Å²) in [6, 6.07) is 6.92. The molecular weight excluding hydrogens is 380 g/mol. The van der Waals surface area contributed by atoms with Gasteiger partial charge >= 0.3 is 6.18 Å². The van der Waals surface area contributed by atoms with E-state index in [1.807, 2.05) is 0 Å². The van der Waals surface area contributed by atoms with E-state index in [0.29, 0.717) is 31.6 Å². The molecule has 0 spiro atoms. The lowest BCUT2D eigenvalue weighted by atomic mass is 9.93. The summed E-state index contributed by atoms with van der Waals surface area (Å²) in [6.45, 7) is -0.544. The molecular formula is C18H18F4N4O2. The van der Waals surface area contributed by atoms with Crippen molar-refractivity contribution in [2.24, 2.45) is 0 Å². The molecule has 6 nitrogen and oxygen atoms in total. The van der Waals surface area contributed by atoms with E-state index in [1.54, 1.807) is 16.3 Å². The van der Waals surface area contributed by atoms with Crippen LogP contribution in [0.2, 0.25) is 0 Å². The third-order valence-corrected chi connectivity index (χ3v) is 4.57. The van der Waals surface area contributed by atoms with Crippen LogP contribution >= 0.6 is 0 Å². The van der Waals surface area contributed by atoms with Crippen LogP contribution in [-0.2, 0) is 0 Å². The van der Waals surface area contributed by atoms with E-state index >= 15 is 0 Å². The molecule has 2 N–H and O–H groups in total. The van der Waals surface area contributed by atoms with E-state index in [-0.39, 0.29) is 23.1 Å². The average molecular weight is 398 g/mol. The van der Waals surface area contributed by atoms with Gasteiger partial charge in [-0.05, 0) is 37.1 Å². The van der Waals surface area contributed by atoms with Gasteiger partial charge in [-0.25, -0.2) is 4.39 Å². The van der Waals surface area contributed by atoms with Crippen molar-refractivity contribution in [2.45, 2.75) is 24.9 Å². The number of alkyl halides is 3. The molecule has 0 atom stereocenters. The second-order valence-electron chi connectivity index (χ2n) is 6.58. The molecule has 2 amide bonds. The second kappa shape index (κ2) is 7.99. The SMILES string of the molecule is O=C(NCC(F)(F)F)c1cc(C2CCN(C(=O)c3cccc(F)c3)CC2)[nH]n1. The summed E-state index contributed by atoms with van der Waals surface area (Å²) in [5, 5.41) is 8.24. The molecule has 2 heterocycles. The van der Waals surface area contributed by atoms with Crippen LogP contribution in [0, 0.1) is 5.82 Å². The molecule has 1 aromatic carbocycles. The number of rotatable bonds is 4. The summed E-state index contributed by atoms with van der Waals surface area (Å²) < 4.78 is 49.8. The number of carbonyl (C=O) groups is 2. The van der Waals surface area contributed by atoms with Gasteiger partial charge in [0.05, 0.1) is 0 Å². The number of aromatic nitrogens is 2. The minimum absolute atomic E-state index is 0.00627. The number of piperidine rings is 1. The number of carbonyl (C=O) groups excluding carboxylic acids is 2. The van der Waals surface area contributed by atoms with Crippen LogP contribution in [0.3, 0.4) is 0 Å². The normalized spacial score (nSPS) is 15.5. The Morgan fingerprint density at radius 1 is 1.21 bits per heavy atom. The summed E-state index contributed by atoms with van der Waals surface area (Å²) in [5.74, 6) is -1.64. The first-order chi connectivity index (χ1) is 13.2. The van der Waals surface area contributed by atoms with Crippen molar-refractivity contribution in [1.82, 2.24) is 20.4 Å². The number of halogens is 4. The Balaban J connectivity index is 1.56. The predicted molar refractivity (Wildman–Crippen MR) is 91.3 cm³/mol. The van der Waals surface area contributed by atoms with Crippen molar-refractivity contribution in [3.8, 4) is 0 Å². The molecule has 0 saturated carbocycles. The van der Waals surface area contributed by atoms with Gasteiger partial charge in [0.1, 0.15) is 18.1 Å². The molecule has 150 valence electrons. The van der Waals surface area contributed by atoms with Crippen molar-refractivity contribution >= 4 is 11.8 Å². The van der Waals surface area contributed by atoms with Crippen LogP contribution in [-0.4, -0.2) is 52.7 Å². The van der Waals surface area contributed by atoms with E-state index in [1.165, 1.54) is 24.3 Å². The summed E-state index contributed by atoms with van der Waals surface area (Å²) >= 11 is 0. The third-order valence-electron chi connectivity index (χ3n) is 4.57. The van der Waals surface area contributed by atoms with Gasteiger partial charge in [-0.1, -0.05) is 6.07 Å². The molecule has 0 radical (unpaired) electrons. The Morgan fingerprint density at radius 3 is 2.57 bits per heavy atom. The molecule has 1 aliphatic rings. The number of likely N-dealkylation sites (tertiary alicyclic amines) is 1. The highest BCUT2D eigenvalue weighted by Crippen LogP contribution is 2.28. The minimum atomic E-state index is -4.49. The summed E-state index contributed by atoms with van der Waals surface area (Å²) in [5.41, 5.74) is 0.802. The zero-order chi connectivity index (χ0) is 20.3. The molecule has 1 fully saturated rings. The fourth-order valence-electron chi connectivity index (χ4n) is 3.13. The first-order valence-corrected chi connectivity index (χ1v) is 8.68. The number of aromatic amines is 1. The average Bonchev–Trinajstić information content (AvgIpc) is 3.15. The van der Waals surface area contributed by atoms with Gasteiger partial charge in [-0.15, -0.1) is 0 Å². The third kappa shape index (κ3) is 4.87. The second-order valence-corrected chi connectivity index (χ2v) is 6.58. The van der Waals surface area contributed by atoms with E-state index in [9.17, 15) is 27.2 Å². The largest absolute Gasteiger partial charge is 0.405 e. The quantitative estimate of drug-likeness (QED) is 0.778. The Bertz CT molecular complexity index is 857. The van der Waals surface area contributed by atoms with Gasteiger partial charge < -0.3 is 10.2 Å². The molecule has 10 heteroatoms. The molecule has 28 heavy (non-hydrogen) atoms. The fraction of sp³-hybridized carbons (Fsp3) is 0.389. The maximum absolute atomic E-state index is 13.3. The number of H-pyrrole nitrogens is 1. The molecule has 1 aromatic heterocycles. The number of hydrogen-bond acceptors (Lipinski definition) is 3. The van der Waals surface area contributed by atoms with Crippen molar-refractivity contribution in [3.05, 3.63) is 53.1 Å². The Kier molecular flexibility index (Phi) is 5.66. The van der Waals surface area contributed by atoms with Gasteiger partial charge in [0.15, 0.2) is 0 Å². The van der Waals surface area contributed by atoms with E-state index in [2.05, 4.69) is 10.2 Å². The monoisotopic (exact) mass is 398 g/mol. The van der Waals surface area contributed by atoms with Crippen LogP contribution in [0.1, 0.15) is 45.3 Å². The standard InChI is InChI=1S/C18H18F4N4O2/c19-13-3-1-2-12(8-13)17(28)26-6-4-11(5-7-26)14-9-15(25-24-14)16(27)23-10-18(20,21)22/h1-3,8-9,11H,4-7,10H2,(H,23,27)(H,24,25). The van der Waals surface area contributed by atoms with Gasteiger partial charge in [-0.2, -0.15) is 18.3 Å². The lowest BCUT2D eigenvalue weighted by Crippen LogP contribution is -2.38. The molecule has 0 unspecified atom stereocenters. The zero-order valence-electron chi connectivity index (χ0n) is 14.7. The van der Waals surface area contributed by atoms with E-state index in [0.717, 1.165) is 0 Å². The highest BCUT2D eigenvalue weighted by atomic mass is 19.4. The molecule has 1 saturated heterocycles.